The first-order chi connectivity index (χ1) is 5.24. The Kier molecular flexibility index (Phi) is 4.75. The maximum atomic E-state index is 5.68. The van der Waals surface area contributed by atoms with Gasteiger partial charge >= 0.3 is 0 Å². The maximum absolute atomic E-state index is 5.68. The van der Waals surface area contributed by atoms with Gasteiger partial charge in [0.05, 0.1) is 0 Å². The Hall–Kier alpha value is -0.690. The fraction of sp³-hybridized carbons (Fsp3) is 0.400. The highest BCUT2D eigenvalue weighted by molar-refractivity contribution is 5.85. The molecule has 0 bridgehead atoms. The molecular weight excluding hydrogens is 170 g/mol. The predicted octanol–water partition coefficient (Wildman–Crippen LogP) is 2.95. The highest BCUT2D eigenvalue weighted by Crippen LogP contribution is 2.13. The fourth-order valence-electron chi connectivity index (χ4n) is 1.18. The first-order valence-electron chi connectivity index (χ1n) is 4.09. The Labute approximate surface area is 80.4 Å². The lowest BCUT2D eigenvalue weighted by Gasteiger charge is -2.02. The van der Waals surface area contributed by atoms with Gasteiger partial charge in [0.25, 0.3) is 0 Å². The monoisotopic (exact) mass is 185 g/mol. The van der Waals surface area contributed by atoms with Gasteiger partial charge in [-0.25, -0.2) is 0 Å². The zero-order valence-corrected chi connectivity index (χ0v) is 8.45. The van der Waals surface area contributed by atoms with Crippen molar-refractivity contribution in [3.63, 3.8) is 0 Å². The highest BCUT2D eigenvalue weighted by atomic mass is 35.5. The van der Waals surface area contributed by atoms with E-state index in [0.717, 1.165) is 12.1 Å². The minimum atomic E-state index is 0. The lowest BCUT2D eigenvalue weighted by molar-refractivity contribution is 0.920. The summed E-state index contributed by atoms with van der Waals surface area (Å²) in [4.78, 5) is 0. The Morgan fingerprint density at radius 1 is 1.33 bits per heavy atom. The molecule has 0 aliphatic rings. The molecular formula is C10H16ClN. The third kappa shape index (κ3) is 2.74. The van der Waals surface area contributed by atoms with Crippen molar-refractivity contribution in [3.05, 3.63) is 29.3 Å². The van der Waals surface area contributed by atoms with Gasteiger partial charge in [-0.2, -0.15) is 0 Å². The molecule has 0 saturated carbocycles. The number of halogens is 1. The van der Waals surface area contributed by atoms with Crippen LogP contribution in [0.25, 0.3) is 0 Å². The summed E-state index contributed by atoms with van der Waals surface area (Å²) in [6, 6.07) is 6.25. The van der Waals surface area contributed by atoms with Crippen LogP contribution >= 0.6 is 12.4 Å². The third-order valence-electron chi connectivity index (χ3n) is 1.87. The number of nitrogen functional groups attached to an aromatic ring is 1. The van der Waals surface area contributed by atoms with Gasteiger partial charge in [0, 0.05) is 5.69 Å². The van der Waals surface area contributed by atoms with E-state index in [-0.39, 0.29) is 12.4 Å². The molecule has 0 heterocycles. The van der Waals surface area contributed by atoms with Crippen molar-refractivity contribution in [2.45, 2.75) is 26.7 Å². The summed E-state index contributed by atoms with van der Waals surface area (Å²) in [5.74, 6) is 0. The number of anilines is 1. The second kappa shape index (κ2) is 5.04. The van der Waals surface area contributed by atoms with Crippen molar-refractivity contribution in [1.29, 1.82) is 0 Å². The Morgan fingerprint density at radius 2 is 2.00 bits per heavy atom. The summed E-state index contributed by atoms with van der Waals surface area (Å²) >= 11 is 0. The molecule has 0 saturated heterocycles. The van der Waals surface area contributed by atoms with Crippen LogP contribution in [0, 0.1) is 6.92 Å². The second-order valence-electron chi connectivity index (χ2n) is 2.94. The summed E-state index contributed by atoms with van der Waals surface area (Å²) in [6.45, 7) is 4.24. The van der Waals surface area contributed by atoms with E-state index in [1.165, 1.54) is 17.5 Å². The normalized spacial score (nSPS) is 9.17. The molecule has 1 rings (SSSR count). The summed E-state index contributed by atoms with van der Waals surface area (Å²) in [5.41, 5.74) is 9.16. The molecule has 0 unspecified atom stereocenters. The van der Waals surface area contributed by atoms with E-state index < -0.39 is 0 Å². The minimum Gasteiger partial charge on any atom is -0.399 e. The SMILES string of the molecule is CCCc1ccc(N)c(C)c1.Cl. The van der Waals surface area contributed by atoms with Gasteiger partial charge in [0.15, 0.2) is 0 Å². The van der Waals surface area contributed by atoms with E-state index in [1.54, 1.807) is 0 Å². The molecule has 0 aromatic heterocycles. The number of benzene rings is 1. The quantitative estimate of drug-likeness (QED) is 0.705. The lowest BCUT2D eigenvalue weighted by atomic mass is 10.1. The number of rotatable bonds is 2. The van der Waals surface area contributed by atoms with Crippen LogP contribution in [0.15, 0.2) is 18.2 Å². The zero-order chi connectivity index (χ0) is 8.27. The fourth-order valence-corrected chi connectivity index (χ4v) is 1.18. The summed E-state index contributed by atoms with van der Waals surface area (Å²) in [5, 5.41) is 0. The van der Waals surface area contributed by atoms with Gasteiger partial charge in [-0.3, -0.25) is 0 Å². The van der Waals surface area contributed by atoms with Gasteiger partial charge in [-0.1, -0.05) is 25.5 Å². The largest absolute Gasteiger partial charge is 0.399 e. The molecule has 0 fully saturated rings. The van der Waals surface area contributed by atoms with E-state index in [4.69, 9.17) is 5.73 Å². The number of hydrogen-bond acceptors (Lipinski definition) is 1. The van der Waals surface area contributed by atoms with E-state index >= 15 is 0 Å². The molecule has 68 valence electrons. The Morgan fingerprint density at radius 3 is 2.50 bits per heavy atom. The lowest BCUT2D eigenvalue weighted by Crippen LogP contribution is -1.91. The van der Waals surface area contributed by atoms with E-state index in [1.807, 2.05) is 6.07 Å². The van der Waals surface area contributed by atoms with Crippen LogP contribution in [-0.4, -0.2) is 0 Å². The van der Waals surface area contributed by atoms with Crippen LogP contribution in [0.4, 0.5) is 5.69 Å². The van der Waals surface area contributed by atoms with Crippen molar-refractivity contribution in [2.24, 2.45) is 0 Å². The molecule has 0 aliphatic carbocycles. The molecule has 1 aromatic rings. The Bertz CT molecular complexity index is 246. The van der Waals surface area contributed by atoms with Crippen molar-refractivity contribution in [2.75, 3.05) is 5.73 Å². The number of aryl methyl sites for hydroxylation is 2. The van der Waals surface area contributed by atoms with E-state index in [0.29, 0.717) is 0 Å². The van der Waals surface area contributed by atoms with Crippen LogP contribution in [0.5, 0.6) is 0 Å². The topological polar surface area (TPSA) is 26.0 Å². The third-order valence-corrected chi connectivity index (χ3v) is 1.87. The van der Waals surface area contributed by atoms with Gasteiger partial charge < -0.3 is 5.73 Å². The summed E-state index contributed by atoms with van der Waals surface area (Å²) in [7, 11) is 0. The number of hydrogen-bond donors (Lipinski definition) is 1. The predicted molar refractivity (Wildman–Crippen MR) is 56.8 cm³/mol. The van der Waals surface area contributed by atoms with Crippen molar-refractivity contribution >= 4 is 18.1 Å². The second-order valence-corrected chi connectivity index (χ2v) is 2.94. The van der Waals surface area contributed by atoms with E-state index in [2.05, 4.69) is 26.0 Å². The molecule has 12 heavy (non-hydrogen) atoms. The average Bonchev–Trinajstić information content (AvgIpc) is 1.98. The molecule has 0 amide bonds. The standard InChI is InChI=1S/C10H15N.ClH/c1-3-4-9-5-6-10(11)8(2)7-9;/h5-7H,3-4,11H2,1-2H3;1H. The van der Waals surface area contributed by atoms with Crippen molar-refractivity contribution in [3.8, 4) is 0 Å². The molecule has 2 N–H and O–H groups in total. The smallest absolute Gasteiger partial charge is 0.0343 e. The first kappa shape index (κ1) is 11.3. The minimum absolute atomic E-state index is 0. The molecule has 0 aliphatic heterocycles. The van der Waals surface area contributed by atoms with Gasteiger partial charge in [-0.05, 0) is 30.5 Å². The molecule has 0 atom stereocenters. The highest BCUT2D eigenvalue weighted by Gasteiger charge is 1.94. The summed E-state index contributed by atoms with van der Waals surface area (Å²) < 4.78 is 0. The summed E-state index contributed by atoms with van der Waals surface area (Å²) in [6.07, 6.45) is 2.35. The van der Waals surface area contributed by atoms with Crippen LogP contribution in [0.1, 0.15) is 24.5 Å². The van der Waals surface area contributed by atoms with Crippen molar-refractivity contribution < 1.29 is 0 Å². The molecule has 1 nitrogen and oxygen atoms in total. The van der Waals surface area contributed by atoms with Gasteiger partial charge in [0.1, 0.15) is 0 Å². The van der Waals surface area contributed by atoms with Crippen LogP contribution in [0.2, 0.25) is 0 Å². The average molecular weight is 186 g/mol. The molecule has 2 heteroatoms. The van der Waals surface area contributed by atoms with Crippen LogP contribution in [0.3, 0.4) is 0 Å². The first-order valence-corrected chi connectivity index (χ1v) is 4.09. The molecule has 0 spiro atoms. The van der Waals surface area contributed by atoms with E-state index in [9.17, 15) is 0 Å². The maximum Gasteiger partial charge on any atom is 0.0343 e. The van der Waals surface area contributed by atoms with Crippen LogP contribution in [-0.2, 0) is 6.42 Å². The molecule has 1 aromatic carbocycles. The van der Waals surface area contributed by atoms with Crippen molar-refractivity contribution in [1.82, 2.24) is 0 Å². The number of nitrogens with two attached hydrogens (primary N) is 1. The molecule has 0 radical (unpaired) electrons. The van der Waals surface area contributed by atoms with Gasteiger partial charge in [-0.15, -0.1) is 12.4 Å². The van der Waals surface area contributed by atoms with Crippen LogP contribution < -0.4 is 5.73 Å². The Balaban J connectivity index is 0.00000121. The van der Waals surface area contributed by atoms with Gasteiger partial charge in [0.2, 0.25) is 0 Å². The zero-order valence-electron chi connectivity index (χ0n) is 7.63.